The maximum atomic E-state index is 13.1. The molecule has 1 aromatic carbocycles. The third kappa shape index (κ3) is 6.32. The number of hydrogen-bond donors (Lipinski definition) is 2. The van der Waals surface area contributed by atoms with Crippen LogP contribution < -0.4 is 11.2 Å². The molecule has 1 aliphatic heterocycles. The molecule has 1 aromatic heterocycles. The number of ether oxygens (including phenoxy) is 2. The molecule has 0 radical (unpaired) electrons. The number of aromatic amines is 1. The van der Waals surface area contributed by atoms with Crippen molar-refractivity contribution < 1.29 is 19.4 Å². The number of rotatable bonds is 7. The molecule has 0 aliphatic carbocycles. The maximum absolute atomic E-state index is 13.1. The molecule has 180 valence electrons. The van der Waals surface area contributed by atoms with Gasteiger partial charge in [-0.2, -0.15) is 0 Å². The average Bonchev–Trinajstić information content (AvgIpc) is 3.16. The number of nitrogens with one attached hydrogen (secondary N) is 1. The van der Waals surface area contributed by atoms with Gasteiger partial charge in [-0.3, -0.25) is 14.3 Å². The molecule has 10 heteroatoms. The Labute approximate surface area is 200 Å². The van der Waals surface area contributed by atoms with Gasteiger partial charge in [0.15, 0.2) is 0 Å². The van der Waals surface area contributed by atoms with Gasteiger partial charge in [-0.25, -0.2) is 9.59 Å². The summed E-state index contributed by atoms with van der Waals surface area (Å²) in [5.74, 6) is -0.503. The van der Waals surface area contributed by atoms with E-state index in [1.165, 1.54) is 10.8 Å². The van der Waals surface area contributed by atoms with Crippen LogP contribution in [0.15, 0.2) is 40.1 Å². The molecular weight excluding hydrogens is 464 g/mol. The highest BCUT2D eigenvalue weighted by atomic mass is 33.1. The molecule has 1 aliphatic rings. The Kier molecular flexibility index (Phi) is 8.15. The molecule has 33 heavy (non-hydrogen) atoms. The van der Waals surface area contributed by atoms with E-state index in [-0.39, 0.29) is 23.0 Å². The Morgan fingerprint density at radius 2 is 2.03 bits per heavy atom. The van der Waals surface area contributed by atoms with E-state index in [1.807, 2.05) is 19.1 Å². The molecule has 0 spiro atoms. The molecule has 2 heterocycles. The normalized spacial score (nSPS) is 21.7. The van der Waals surface area contributed by atoms with Gasteiger partial charge in [-0.05, 0) is 25.5 Å². The number of esters is 1. The average molecular weight is 495 g/mol. The minimum Gasteiger partial charge on any atom is -0.456 e. The lowest BCUT2D eigenvalue weighted by Gasteiger charge is -2.22. The molecule has 4 atom stereocenters. The second-order valence-corrected chi connectivity index (χ2v) is 12.4. The first kappa shape index (κ1) is 25.6. The van der Waals surface area contributed by atoms with Gasteiger partial charge in [0.05, 0.1) is 12.2 Å². The number of hydrogen-bond acceptors (Lipinski definition) is 8. The fourth-order valence-corrected chi connectivity index (χ4v) is 5.82. The van der Waals surface area contributed by atoms with E-state index in [0.29, 0.717) is 11.1 Å². The molecule has 2 unspecified atom stereocenters. The van der Waals surface area contributed by atoms with Crippen molar-refractivity contribution in [3.05, 3.63) is 68.0 Å². The highest BCUT2D eigenvalue weighted by molar-refractivity contribution is 8.77. The van der Waals surface area contributed by atoms with Crippen molar-refractivity contribution in [1.82, 2.24) is 9.55 Å². The van der Waals surface area contributed by atoms with E-state index in [2.05, 4.69) is 25.8 Å². The Morgan fingerprint density at radius 1 is 1.33 bits per heavy atom. The standard InChI is InChI=1S/C23H30N2O6S2/c1-13-11-25(22(29)24-20(13)27)19-10-17(18(12-26)30-19)31-21(28)16-9-7-6-8-15(16)14(2)32-33-23(3,4)5/h6-9,11,14,17-19,26H,10,12H2,1-5H3,(H,24,27,29)/t14?,17-,18?,19-/m1/s1. The van der Waals surface area contributed by atoms with E-state index in [9.17, 15) is 19.5 Å². The van der Waals surface area contributed by atoms with Crippen molar-refractivity contribution in [3.8, 4) is 0 Å². The first-order chi connectivity index (χ1) is 15.5. The van der Waals surface area contributed by atoms with Crippen LogP contribution in [0.4, 0.5) is 0 Å². The molecule has 1 saturated heterocycles. The molecule has 0 saturated carbocycles. The number of carbonyl (C=O) groups excluding carboxylic acids is 1. The molecule has 0 amide bonds. The van der Waals surface area contributed by atoms with Gasteiger partial charge in [-0.15, -0.1) is 0 Å². The minimum absolute atomic E-state index is 0.0573. The van der Waals surface area contributed by atoms with Crippen LogP contribution >= 0.6 is 21.6 Å². The molecule has 3 rings (SSSR count). The highest BCUT2D eigenvalue weighted by Crippen LogP contribution is 2.45. The molecule has 2 N–H and O–H groups in total. The lowest BCUT2D eigenvalue weighted by atomic mass is 10.0. The summed E-state index contributed by atoms with van der Waals surface area (Å²) in [5.41, 5.74) is 0.598. The predicted molar refractivity (Wildman–Crippen MR) is 131 cm³/mol. The number of H-pyrrole nitrogens is 1. The zero-order valence-electron chi connectivity index (χ0n) is 19.4. The first-order valence-electron chi connectivity index (χ1n) is 10.7. The third-order valence-corrected chi connectivity index (χ3v) is 8.93. The van der Waals surface area contributed by atoms with E-state index in [0.717, 1.165) is 5.56 Å². The van der Waals surface area contributed by atoms with E-state index in [1.54, 1.807) is 40.6 Å². The lowest BCUT2D eigenvalue weighted by molar-refractivity contribution is -0.0522. The summed E-state index contributed by atoms with van der Waals surface area (Å²) in [7, 11) is 3.44. The van der Waals surface area contributed by atoms with Gasteiger partial charge in [0.2, 0.25) is 0 Å². The van der Waals surface area contributed by atoms with Crippen LogP contribution in [0, 0.1) is 6.92 Å². The zero-order chi connectivity index (χ0) is 24.3. The predicted octanol–water partition coefficient (Wildman–Crippen LogP) is 3.59. The molecule has 8 nitrogen and oxygen atoms in total. The van der Waals surface area contributed by atoms with Crippen LogP contribution in [0.1, 0.15) is 67.1 Å². The van der Waals surface area contributed by atoms with Gasteiger partial charge < -0.3 is 14.6 Å². The topological polar surface area (TPSA) is 111 Å². The van der Waals surface area contributed by atoms with Crippen LogP contribution in [0.5, 0.6) is 0 Å². The summed E-state index contributed by atoms with van der Waals surface area (Å²) in [5, 5.41) is 9.83. The van der Waals surface area contributed by atoms with Crippen molar-refractivity contribution >= 4 is 27.6 Å². The van der Waals surface area contributed by atoms with Gasteiger partial charge in [0.1, 0.15) is 18.4 Å². The van der Waals surface area contributed by atoms with E-state index < -0.39 is 35.7 Å². The van der Waals surface area contributed by atoms with Gasteiger partial charge in [-0.1, -0.05) is 60.6 Å². The van der Waals surface area contributed by atoms with Crippen molar-refractivity contribution in [3.63, 3.8) is 0 Å². The largest absolute Gasteiger partial charge is 0.456 e. The Morgan fingerprint density at radius 3 is 2.70 bits per heavy atom. The number of aliphatic hydroxyl groups excluding tert-OH is 1. The van der Waals surface area contributed by atoms with Crippen LogP contribution in [0.3, 0.4) is 0 Å². The summed E-state index contributed by atoms with van der Waals surface area (Å²) in [6.45, 7) is 9.67. The second kappa shape index (κ2) is 10.5. The van der Waals surface area contributed by atoms with Crippen LogP contribution in [-0.4, -0.2) is 44.2 Å². The van der Waals surface area contributed by atoms with Crippen molar-refractivity contribution in [2.45, 2.75) is 69.5 Å². The second-order valence-electron chi connectivity index (χ2n) is 8.99. The minimum atomic E-state index is -0.784. The molecule has 0 bridgehead atoms. The van der Waals surface area contributed by atoms with Crippen molar-refractivity contribution in [1.29, 1.82) is 0 Å². The van der Waals surface area contributed by atoms with Crippen LogP contribution in [0.2, 0.25) is 0 Å². The summed E-state index contributed by atoms with van der Waals surface area (Å²) >= 11 is 0. The van der Waals surface area contributed by atoms with Crippen molar-refractivity contribution in [2.24, 2.45) is 0 Å². The van der Waals surface area contributed by atoms with Crippen molar-refractivity contribution in [2.75, 3.05) is 6.61 Å². The number of aryl methyl sites for hydroxylation is 1. The summed E-state index contributed by atoms with van der Waals surface area (Å²) in [6.07, 6.45) is -0.712. The van der Waals surface area contributed by atoms with E-state index >= 15 is 0 Å². The maximum Gasteiger partial charge on any atom is 0.338 e. The number of benzene rings is 1. The lowest BCUT2D eigenvalue weighted by Crippen LogP contribution is -2.33. The Balaban J connectivity index is 1.77. The van der Waals surface area contributed by atoms with Crippen LogP contribution in [-0.2, 0) is 9.47 Å². The SMILES string of the molecule is Cc1cn([C@H]2C[C@@H](OC(=O)c3ccccc3C(C)SSC(C)(C)C)C(CO)O2)c(=O)[nH]c1=O. The number of aromatic nitrogens is 2. The Hall–Kier alpha value is -2.01. The monoisotopic (exact) mass is 494 g/mol. The smallest absolute Gasteiger partial charge is 0.338 e. The number of nitrogens with zero attached hydrogens (tertiary/aromatic N) is 1. The third-order valence-electron chi connectivity index (χ3n) is 5.14. The number of aliphatic hydroxyl groups is 1. The van der Waals surface area contributed by atoms with Gasteiger partial charge in [0.25, 0.3) is 5.56 Å². The molecule has 2 aromatic rings. The summed E-state index contributed by atoms with van der Waals surface area (Å²) < 4.78 is 12.9. The summed E-state index contributed by atoms with van der Waals surface area (Å²) in [4.78, 5) is 39.2. The molecule has 1 fully saturated rings. The quantitative estimate of drug-likeness (QED) is 0.444. The molecular formula is C23H30N2O6S2. The fourth-order valence-electron chi connectivity index (χ4n) is 3.47. The van der Waals surface area contributed by atoms with E-state index in [4.69, 9.17) is 9.47 Å². The zero-order valence-corrected chi connectivity index (χ0v) is 21.0. The van der Waals surface area contributed by atoms with Gasteiger partial charge >= 0.3 is 11.7 Å². The van der Waals surface area contributed by atoms with Crippen LogP contribution in [0.25, 0.3) is 0 Å². The number of carbonyl (C=O) groups is 1. The summed E-state index contributed by atoms with van der Waals surface area (Å²) in [6, 6.07) is 7.32. The highest BCUT2D eigenvalue weighted by Gasteiger charge is 2.39. The fraction of sp³-hybridized carbons (Fsp3) is 0.522. The Bertz CT molecular complexity index is 1110. The van der Waals surface area contributed by atoms with Gasteiger partial charge in [0, 0.05) is 28.2 Å². The first-order valence-corrected chi connectivity index (χ1v) is 12.9.